The number of carbonyl (C=O) groups is 1. The Balaban J connectivity index is 1.67. The van der Waals surface area contributed by atoms with Gasteiger partial charge in [0, 0.05) is 6.20 Å². The zero-order chi connectivity index (χ0) is 23.1. The van der Waals surface area contributed by atoms with Gasteiger partial charge in [0.25, 0.3) is 5.56 Å². The molecule has 4 heterocycles. The van der Waals surface area contributed by atoms with Gasteiger partial charge in [0.15, 0.2) is 22.8 Å². The fraction of sp³-hybridized carbons (Fsp3) is 0.143. The van der Waals surface area contributed by atoms with E-state index < -0.39 is 6.09 Å². The lowest BCUT2D eigenvalue weighted by molar-refractivity contribution is 0.209. The predicted octanol–water partition coefficient (Wildman–Crippen LogP) is 3.04. The van der Waals surface area contributed by atoms with Crippen molar-refractivity contribution in [3.63, 3.8) is 0 Å². The Hall–Kier alpha value is -4.25. The van der Waals surface area contributed by atoms with Gasteiger partial charge in [-0.05, 0) is 18.6 Å². The summed E-state index contributed by atoms with van der Waals surface area (Å²) in [6.07, 6.45) is 3.12. The van der Waals surface area contributed by atoms with Gasteiger partial charge in [-0.2, -0.15) is 5.10 Å². The van der Waals surface area contributed by atoms with Gasteiger partial charge in [0.1, 0.15) is 11.8 Å². The van der Waals surface area contributed by atoms with Crippen molar-refractivity contribution in [3.8, 4) is 0 Å². The number of hydrogen-bond acceptors (Lipinski definition) is 6. The summed E-state index contributed by atoms with van der Waals surface area (Å²) in [7, 11) is 0. The number of benzene rings is 1. The Kier molecular flexibility index (Phi) is 5.02. The van der Waals surface area contributed by atoms with E-state index in [0.717, 1.165) is 5.56 Å². The van der Waals surface area contributed by atoms with E-state index >= 15 is 0 Å². The molecule has 11 nitrogen and oxygen atoms in total. The number of halogens is 1. The molecule has 0 unspecified atom stereocenters. The number of nitrogens with zero attached hydrogens (tertiary/aromatic N) is 7. The summed E-state index contributed by atoms with van der Waals surface area (Å²) in [4.78, 5) is 37.0. The third-order valence-corrected chi connectivity index (χ3v) is 5.65. The van der Waals surface area contributed by atoms with Crippen molar-refractivity contribution in [2.24, 2.45) is 0 Å². The lowest BCUT2D eigenvalue weighted by Crippen LogP contribution is -2.31. The molecule has 33 heavy (non-hydrogen) atoms. The number of imidazole rings is 1. The number of hydrogen-bond donors (Lipinski definition) is 2. The Morgan fingerprint density at radius 1 is 1.18 bits per heavy atom. The van der Waals surface area contributed by atoms with E-state index in [1.165, 1.54) is 17.2 Å². The molecular formula is C21H17ClN8O3. The second kappa shape index (κ2) is 8.02. The zero-order valence-corrected chi connectivity index (χ0v) is 18.0. The summed E-state index contributed by atoms with van der Waals surface area (Å²) in [5.74, 6) is 0.517. The number of carboxylic acid groups (broad SMARTS) is 1. The molecule has 5 rings (SSSR count). The van der Waals surface area contributed by atoms with Crippen LogP contribution in [-0.2, 0) is 6.54 Å². The Bertz CT molecular complexity index is 1560. The smallest absolute Gasteiger partial charge is 0.410 e. The highest BCUT2D eigenvalue weighted by Crippen LogP contribution is 2.22. The molecule has 0 aliphatic carbocycles. The summed E-state index contributed by atoms with van der Waals surface area (Å²) in [6, 6.07) is 10.9. The van der Waals surface area contributed by atoms with Crippen molar-refractivity contribution < 1.29 is 9.90 Å². The number of aromatic nitrogens is 7. The Labute approximate surface area is 190 Å². The lowest BCUT2D eigenvalue weighted by atomic mass is 10.1. The first kappa shape index (κ1) is 20.6. The van der Waals surface area contributed by atoms with Crippen LogP contribution >= 0.6 is 11.6 Å². The first-order valence-corrected chi connectivity index (χ1v) is 10.3. The highest BCUT2D eigenvalue weighted by Gasteiger charge is 2.21. The highest BCUT2D eigenvalue weighted by molar-refractivity contribution is 6.33. The fourth-order valence-electron chi connectivity index (χ4n) is 3.82. The van der Waals surface area contributed by atoms with Crippen molar-refractivity contribution in [1.29, 1.82) is 0 Å². The van der Waals surface area contributed by atoms with Crippen LogP contribution in [0.5, 0.6) is 0 Å². The van der Waals surface area contributed by atoms with Gasteiger partial charge < -0.3 is 9.67 Å². The largest absolute Gasteiger partial charge is 0.465 e. The maximum absolute atomic E-state index is 13.5. The van der Waals surface area contributed by atoms with Crippen LogP contribution < -0.4 is 10.9 Å². The molecule has 0 bridgehead atoms. The van der Waals surface area contributed by atoms with Gasteiger partial charge in [0.05, 0.1) is 23.9 Å². The van der Waals surface area contributed by atoms with Crippen LogP contribution in [0.3, 0.4) is 0 Å². The van der Waals surface area contributed by atoms with Crippen LogP contribution in [-0.4, -0.2) is 44.9 Å². The highest BCUT2D eigenvalue weighted by atomic mass is 35.5. The van der Waals surface area contributed by atoms with Crippen molar-refractivity contribution in [2.45, 2.75) is 19.5 Å². The van der Waals surface area contributed by atoms with E-state index in [9.17, 15) is 9.59 Å². The molecule has 0 aliphatic heterocycles. The number of nitrogens with one attached hydrogen (secondary N) is 1. The quantitative estimate of drug-likeness (QED) is 0.408. The molecule has 0 fully saturated rings. The predicted molar refractivity (Wildman–Crippen MR) is 121 cm³/mol. The zero-order valence-electron chi connectivity index (χ0n) is 17.3. The van der Waals surface area contributed by atoms with Crippen LogP contribution in [0, 0.1) is 0 Å². The van der Waals surface area contributed by atoms with E-state index in [1.54, 1.807) is 21.4 Å². The molecule has 166 valence electrons. The molecule has 1 amide bonds. The molecule has 2 N–H and O–H groups in total. The molecule has 4 aromatic heterocycles. The average Bonchev–Trinajstić information content (AvgIpc) is 3.38. The molecule has 0 saturated carbocycles. The first-order valence-electron chi connectivity index (χ1n) is 9.93. The van der Waals surface area contributed by atoms with Gasteiger partial charge in [-0.25, -0.2) is 24.3 Å². The van der Waals surface area contributed by atoms with E-state index in [0.29, 0.717) is 16.5 Å². The third-order valence-electron chi connectivity index (χ3n) is 5.35. The maximum Gasteiger partial charge on any atom is 0.410 e. The number of rotatable bonds is 5. The van der Waals surface area contributed by atoms with Gasteiger partial charge >= 0.3 is 6.09 Å². The van der Waals surface area contributed by atoms with Crippen LogP contribution in [0.25, 0.3) is 16.7 Å². The first-order chi connectivity index (χ1) is 15.9. The van der Waals surface area contributed by atoms with E-state index in [-0.39, 0.29) is 35.0 Å². The van der Waals surface area contributed by atoms with Gasteiger partial charge in [-0.1, -0.05) is 41.9 Å². The lowest BCUT2D eigenvalue weighted by Gasteiger charge is -2.20. The molecule has 5 aromatic rings. The molecule has 0 spiro atoms. The van der Waals surface area contributed by atoms with Gasteiger partial charge in [-0.3, -0.25) is 14.7 Å². The minimum absolute atomic E-state index is 0.0712. The van der Waals surface area contributed by atoms with Crippen LogP contribution in [0.1, 0.15) is 24.4 Å². The van der Waals surface area contributed by atoms with Crippen molar-refractivity contribution in [1.82, 2.24) is 33.7 Å². The molecule has 0 radical (unpaired) electrons. The topological polar surface area (TPSA) is 132 Å². The van der Waals surface area contributed by atoms with Crippen LogP contribution in [0.15, 0.2) is 60.0 Å². The number of fused-ring (bicyclic) bond motifs is 2. The summed E-state index contributed by atoms with van der Waals surface area (Å²) < 4.78 is 4.73. The minimum atomic E-state index is -1.26. The van der Waals surface area contributed by atoms with E-state index in [2.05, 4.69) is 25.4 Å². The summed E-state index contributed by atoms with van der Waals surface area (Å²) in [6.45, 7) is 2.07. The van der Waals surface area contributed by atoms with E-state index in [4.69, 9.17) is 16.7 Å². The van der Waals surface area contributed by atoms with Crippen molar-refractivity contribution in [2.75, 3.05) is 5.32 Å². The van der Waals surface area contributed by atoms with Crippen molar-refractivity contribution >= 4 is 40.2 Å². The average molecular weight is 465 g/mol. The third kappa shape index (κ3) is 3.57. The van der Waals surface area contributed by atoms with Crippen LogP contribution in [0.4, 0.5) is 10.6 Å². The summed E-state index contributed by atoms with van der Waals surface area (Å²) >= 11 is 6.27. The molecule has 0 aliphatic rings. The second-order valence-corrected chi connectivity index (χ2v) is 7.74. The van der Waals surface area contributed by atoms with Crippen molar-refractivity contribution in [3.05, 3.63) is 82.0 Å². The molecular weight excluding hydrogens is 448 g/mol. The van der Waals surface area contributed by atoms with Gasteiger partial charge in [0.2, 0.25) is 0 Å². The van der Waals surface area contributed by atoms with E-state index in [1.807, 2.05) is 37.3 Å². The molecule has 1 atom stereocenters. The number of amides is 1. The summed E-state index contributed by atoms with van der Waals surface area (Å²) in [5, 5.41) is 16.2. The Morgan fingerprint density at radius 3 is 2.73 bits per heavy atom. The number of anilines is 1. The summed E-state index contributed by atoms with van der Waals surface area (Å²) in [5.41, 5.74) is 1.62. The monoisotopic (exact) mass is 464 g/mol. The normalized spacial score (nSPS) is 12.3. The Morgan fingerprint density at radius 2 is 1.97 bits per heavy atom. The van der Waals surface area contributed by atoms with Gasteiger partial charge in [-0.15, -0.1) is 0 Å². The minimum Gasteiger partial charge on any atom is -0.465 e. The standard InChI is InChI=1S/C21H17ClN8O3/c1-12(13-5-3-2-4-6-13)30-15(27-29-8-7-14(22)17(29)20(30)31)9-28-11-25-16-18(26-21(32)33)23-10-24-19(16)28/h2-8,10-12H,9H2,1H3,(H,32,33)(H,23,24,26)/t12-/m1/s1. The maximum atomic E-state index is 13.5. The fourth-order valence-corrected chi connectivity index (χ4v) is 4.04. The molecule has 1 aromatic carbocycles. The van der Waals surface area contributed by atoms with Crippen LogP contribution in [0.2, 0.25) is 5.02 Å². The molecule has 12 heteroatoms. The second-order valence-electron chi connectivity index (χ2n) is 7.33. The SMILES string of the molecule is C[C@H](c1ccccc1)n1c(Cn2cnc3c(NC(=O)O)ncnc32)nn2ccc(Cl)c2c1=O. The molecule has 0 saturated heterocycles.